The highest BCUT2D eigenvalue weighted by molar-refractivity contribution is 5.35. The molecule has 16 heavy (non-hydrogen) atoms. The first-order valence-corrected chi connectivity index (χ1v) is 5.32. The molecule has 0 radical (unpaired) electrons. The molecule has 3 nitrogen and oxygen atoms in total. The van der Waals surface area contributed by atoms with Crippen molar-refractivity contribution in [2.24, 2.45) is 0 Å². The van der Waals surface area contributed by atoms with Crippen LogP contribution in [0.5, 0.6) is 0 Å². The number of ether oxygens (including phenoxy) is 1. The molecule has 3 heteroatoms. The average Bonchev–Trinajstić information content (AvgIpc) is 2.61. The quantitative estimate of drug-likeness (QED) is 0.788. The molecule has 0 atom stereocenters. The Morgan fingerprint density at radius 1 is 1.19 bits per heavy atom. The number of methoxy groups -OCH3 is 1. The van der Waals surface area contributed by atoms with Gasteiger partial charge >= 0.3 is 0 Å². The fourth-order valence-electron chi connectivity index (χ4n) is 1.71. The molecule has 0 saturated carbocycles. The van der Waals surface area contributed by atoms with Crippen molar-refractivity contribution < 1.29 is 4.74 Å². The first kappa shape index (κ1) is 10.9. The van der Waals surface area contributed by atoms with Gasteiger partial charge < -0.3 is 4.74 Å². The lowest BCUT2D eigenvalue weighted by atomic mass is 10.2. The van der Waals surface area contributed by atoms with E-state index in [-0.39, 0.29) is 0 Å². The summed E-state index contributed by atoms with van der Waals surface area (Å²) < 4.78 is 7.10. The molecule has 2 aromatic rings. The highest BCUT2D eigenvalue weighted by atomic mass is 16.5. The predicted octanol–water partition coefficient (Wildman–Crippen LogP) is 2.64. The zero-order chi connectivity index (χ0) is 11.5. The van der Waals surface area contributed by atoms with Crippen molar-refractivity contribution in [1.29, 1.82) is 0 Å². The Morgan fingerprint density at radius 2 is 1.88 bits per heavy atom. The predicted molar refractivity (Wildman–Crippen MR) is 63.8 cm³/mol. The van der Waals surface area contributed by atoms with E-state index in [9.17, 15) is 0 Å². The van der Waals surface area contributed by atoms with E-state index in [1.165, 1.54) is 5.56 Å². The highest BCUT2D eigenvalue weighted by Crippen LogP contribution is 2.14. The molecule has 0 aliphatic heterocycles. The Morgan fingerprint density at radius 3 is 2.50 bits per heavy atom. The molecule has 0 aliphatic carbocycles. The second kappa shape index (κ2) is 4.49. The van der Waals surface area contributed by atoms with Gasteiger partial charge in [-0.3, -0.25) is 0 Å². The summed E-state index contributed by atoms with van der Waals surface area (Å²) in [5.74, 6) is 0. The molecule has 0 saturated heterocycles. The van der Waals surface area contributed by atoms with Crippen LogP contribution in [-0.4, -0.2) is 16.9 Å². The third-order valence-corrected chi connectivity index (χ3v) is 2.48. The first-order valence-electron chi connectivity index (χ1n) is 5.32. The smallest absolute Gasteiger partial charge is 0.0885 e. The minimum atomic E-state index is 0.578. The summed E-state index contributed by atoms with van der Waals surface area (Å²) in [7, 11) is 1.70. The summed E-state index contributed by atoms with van der Waals surface area (Å²) in [6.07, 6.45) is 0. The molecule has 0 N–H and O–H groups in total. The van der Waals surface area contributed by atoms with Crippen LogP contribution in [0.25, 0.3) is 5.69 Å². The van der Waals surface area contributed by atoms with Gasteiger partial charge in [-0.2, -0.15) is 5.10 Å². The summed E-state index contributed by atoms with van der Waals surface area (Å²) >= 11 is 0. The lowest BCUT2D eigenvalue weighted by molar-refractivity contribution is 0.179. The summed E-state index contributed by atoms with van der Waals surface area (Å²) in [5, 5.41) is 4.47. The minimum Gasteiger partial charge on any atom is -0.378 e. The minimum absolute atomic E-state index is 0.578. The van der Waals surface area contributed by atoms with Gasteiger partial charge in [-0.25, -0.2) is 4.68 Å². The number of nitrogens with zero attached hydrogens (tertiary/aromatic N) is 2. The third kappa shape index (κ3) is 2.14. The number of hydrogen-bond donors (Lipinski definition) is 0. The third-order valence-electron chi connectivity index (χ3n) is 2.48. The number of rotatable bonds is 3. The molecule has 0 fully saturated rings. The van der Waals surface area contributed by atoms with Crippen molar-refractivity contribution in [3.63, 3.8) is 0 Å². The Labute approximate surface area is 95.7 Å². The van der Waals surface area contributed by atoms with Crippen LogP contribution >= 0.6 is 0 Å². The molecule has 0 spiro atoms. The van der Waals surface area contributed by atoms with Crippen LogP contribution in [0.2, 0.25) is 0 Å². The van der Waals surface area contributed by atoms with E-state index < -0.39 is 0 Å². The summed E-state index contributed by atoms with van der Waals surface area (Å²) in [5.41, 5.74) is 4.41. The molecule has 1 aromatic carbocycles. The summed E-state index contributed by atoms with van der Waals surface area (Å²) in [4.78, 5) is 0. The van der Waals surface area contributed by atoms with Gasteiger partial charge in [0.1, 0.15) is 0 Å². The second-order valence-corrected chi connectivity index (χ2v) is 3.96. The number of aromatic nitrogens is 2. The van der Waals surface area contributed by atoms with E-state index >= 15 is 0 Å². The molecule has 1 heterocycles. The number of benzene rings is 1. The van der Waals surface area contributed by atoms with Crippen LogP contribution in [0.4, 0.5) is 0 Å². The Bertz CT molecular complexity index is 471. The standard InChI is InChI=1S/C13H16N2O/c1-10-4-6-12(7-5-10)15-13(9-16-3)8-11(2)14-15/h4-8H,9H2,1-3H3. The molecule has 0 amide bonds. The van der Waals surface area contributed by atoms with E-state index in [1.807, 2.05) is 17.7 Å². The average molecular weight is 216 g/mol. The van der Waals surface area contributed by atoms with E-state index in [2.05, 4.69) is 36.3 Å². The molecular weight excluding hydrogens is 200 g/mol. The van der Waals surface area contributed by atoms with Crippen LogP contribution in [0.3, 0.4) is 0 Å². The van der Waals surface area contributed by atoms with Gasteiger partial charge in [-0.1, -0.05) is 17.7 Å². The van der Waals surface area contributed by atoms with Crippen molar-refractivity contribution in [2.45, 2.75) is 20.5 Å². The molecule has 0 aliphatic rings. The molecule has 1 aromatic heterocycles. The Kier molecular flexibility index (Phi) is 3.06. The van der Waals surface area contributed by atoms with Crippen LogP contribution in [-0.2, 0) is 11.3 Å². The van der Waals surface area contributed by atoms with Gasteiger partial charge in [-0.05, 0) is 32.0 Å². The Hall–Kier alpha value is -1.61. The van der Waals surface area contributed by atoms with E-state index in [1.54, 1.807) is 7.11 Å². The van der Waals surface area contributed by atoms with Crippen LogP contribution in [0, 0.1) is 13.8 Å². The van der Waals surface area contributed by atoms with Gasteiger partial charge in [0.25, 0.3) is 0 Å². The van der Waals surface area contributed by atoms with Crippen molar-refractivity contribution in [1.82, 2.24) is 9.78 Å². The molecule has 84 valence electrons. The van der Waals surface area contributed by atoms with Gasteiger partial charge in [0.15, 0.2) is 0 Å². The van der Waals surface area contributed by atoms with Gasteiger partial charge in [0.05, 0.1) is 23.7 Å². The maximum atomic E-state index is 5.17. The van der Waals surface area contributed by atoms with E-state index in [0.29, 0.717) is 6.61 Å². The van der Waals surface area contributed by atoms with Crippen LogP contribution in [0.15, 0.2) is 30.3 Å². The largest absolute Gasteiger partial charge is 0.378 e. The van der Waals surface area contributed by atoms with Gasteiger partial charge in [0, 0.05) is 7.11 Å². The van der Waals surface area contributed by atoms with Gasteiger partial charge in [0.2, 0.25) is 0 Å². The SMILES string of the molecule is COCc1cc(C)nn1-c1ccc(C)cc1. The van der Waals surface area contributed by atoms with Crippen LogP contribution in [0.1, 0.15) is 17.0 Å². The highest BCUT2D eigenvalue weighted by Gasteiger charge is 2.06. The number of aryl methyl sites for hydroxylation is 2. The van der Waals surface area contributed by atoms with Crippen molar-refractivity contribution in [2.75, 3.05) is 7.11 Å². The van der Waals surface area contributed by atoms with Crippen molar-refractivity contribution in [3.05, 3.63) is 47.3 Å². The van der Waals surface area contributed by atoms with Crippen molar-refractivity contribution >= 4 is 0 Å². The first-order chi connectivity index (χ1) is 7.70. The van der Waals surface area contributed by atoms with E-state index in [4.69, 9.17) is 4.74 Å². The maximum Gasteiger partial charge on any atom is 0.0885 e. The van der Waals surface area contributed by atoms with Crippen molar-refractivity contribution in [3.8, 4) is 5.69 Å². The molecular formula is C13H16N2O. The maximum absolute atomic E-state index is 5.17. The zero-order valence-electron chi connectivity index (χ0n) is 9.90. The van der Waals surface area contributed by atoms with Gasteiger partial charge in [-0.15, -0.1) is 0 Å². The Balaban J connectivity index is 2.42. The van der Waals surface area contributed by atoms with Crippen LogP contribution < -0.4 is 0 Å². The topological polar surface area (TPSA) is 27.1 Å². The molecule has 2 rings (SSSR count). The normalized spacial score (nSPS) is 10.7. The monoisotopic (exact) mass is 216 g/mol. The number of hydrogen-bond acceptors (Lipinski definition) is 2. The lowest BCUT2D eigenvalue weighted by Crippen LogP contribution is -2.03. The lowest BCUT2D eigenvalue weighted by Gasteiger charge is -2.06. The fourth-order valence-corrected chi connectivity index (χ4v) is 1.71. The zero-order valence-corrected chi connectivity index (χ0v) is 9.90. The second-order valence-electron chi connectivity index (χ2n) is 3.96. The molecule has 0 bridgehead atoms. The molecule has 0 unspecified atom stereocenters. The summed E-state index contributed by atoms with van der Waals surface area (Å²) in [6, 6.07) is 10.4. The summed E-state index contributed by atoms with van der Waals surface area (Å²) in [6.45, 7) is 4.65. The fraction of sp³-hybridized carbons (Fsp3) is 0.308. The van der Waals surface area contributed by atoms with E-state index in [0.717, 1.165) is 17.1 Å².